The Balaban J connectivity index is 0.00000300. The lowest BCUT2D eigenvalue weighted by molar-refractivity contribution is 0.0315. The highest BCUT2D eigenvalue weighted by Crippen LogP contribution is 2.21. The van der Waals surface area contributed by atoms with Crippen molar-refractivity contribution in [3.05, 3.63) is 42.5 Å². The van der Waals surface area contributed by atoms with E-state index in [0.29, 0.717) is 19.1 Å². The minimum atomic E-state index is 0. The van der Waals surface area contributed by atoms with E-state index in [9.17, 15) is 0 Å². The number of hydrogen-bond acceptors (Lipinski definition) is 4. The number of nitrogens with one attached hydrogen (secondary N) is 1. The minimum absolute atomic E-state index is 0. The van der Waals surface area contributed by atoms with Crippen LogP contribution in [0.2, 0.25) is 0 Å². The Labute approximate surface area is 192 Å². The van der Waals surface area contributed by atoms with Gasteiger partial charge in [0.25, 0.3) is 0 Å². The molecule has 0 amide bonds. The first-order valence-electron chi connectivity index (χ1n) is 10.4. The van der Waals surface area contributed by atoms with Crippen LogP contribution in [0.4, 0.5) is 0 Å². The van der Waals surface area contributed by atoms with Crippen LogP contribution in [0.3, 0.4) is 0 Å². The molecule has 6 nitrogen and oxygen atoms in total. The van der Waals surface area contributed by atoms with Crippen LogP contribution < -0.4 is 10.1 Å². The summed E-state index contributed by atoms with van der Waals surface area (Å²) in [5, 5.41) is 3.47. The zero-order valence-electron chi connectivity index (χ0n) is 17.5. The van der Waals surface area contributed by atoms with Gasteiger partial charge in [0.1, 0.15) is 12.4 Å². The molecule has 0 aromatic heterocycles. The largest absolute Gasteiger partial charge is 0.489 e. The summed E-state index contributed by atoms with van der Waals surface area (Å²) in [7, 11) is 0. The molecule has 29 heavy (non-hydrogen) atoms. The number of nitrogens with zero attached hydrogens (tertiary/aromatic N) is 3. The van der Waals surface area contributed by atoms with Gasteiger partial charge >= 0.3 is 0 Å². The standard InChI is InChI=1S/C22H34N4O2.HI/c1-3-13-28-21-8-6-5-7-20(21)16-24-22(23-4-2)26-10-9-19(18-26)17-25-11-14-27-15-12-25;/h3,5-8,19H,1,4,9-18H2,2H3,(H,23,24);1H. The fourth-order valence-electron chi connectivity index (χ4n) is 3.83. The number of rotatable bonds is 8. The van der Waals surface area contributed by atoms with Gasteiger partial charge in [0.2, 0.25) is 0 Å². The van der Waals surface area contributed by atoms with Crippen molar-refractivity contribution < 1.29 is 9.47 Å². The number of morpholine rings is 1. The Morgan fingerprint density at radius 2 is 2.10 bits per heavy atom. The van der Waals surface area contributed by atoms with Gasteiger partial charge in [-0.05, 0) is 25.3 Å². The number of guanidine groups is 1. The summed E-state index contributed by atoms with van der Waals surface area (Å²) in [5.41, 5.74) is 1.10. The predicted molar refractivity (Wildman–Crippen MR) is 129 cm³/mol. The van der Waals surface area contributed by atoms with E-state index < -0.39 is 0 Å². The molecule has 0 spiro atoms. The molecule has 0 radical (unpaired) electrons. The summed E-state index contributed by atoms with van der Waals surface area (Å²) in [5.74, 6) is 2.59. The second-order valence-corrected chi connectivity index (χ2v) is 7.39. The van der Waals surface area contributed by atoms with Crippen LogP contribution in [0.15, 0.2) is 41.9 Å². The van der Waals surface area contributed by atoms with Crippen molar-refractivity contribution in [2.24, 2.45) is 10.9 Å². The molecule has 2 saturated heterocycles. The van der Waals surface area contributed by atoms with Crippen molar-refractivity contribution in [3.8, 4) is 5.75 Å². The van der Waals surface area contributed by atoms with Crippen molar-refractivity contribution in [2.75, 3.05) is 59.1 Å². The molecule has 1 atom stereocenters. The number of aliphatic imine (C=N–C) groups is 1. The molecule has 2 heterocycles. The molecule has 1 aromatic carbocycles. The molecule has 0 bridgehead atoms. The van der Waals surface area contributed by atoms with Gasteiger partial charge in [-0.1, -0.05) is 30.9 Å². The average molecular weight is 514 g/mol. The zero-order valence-corrected chi connectivity index (χ0v) is 19.8. The predicted octanol–water partition coefficient (Wildman–Crippen LogP) is 2.99. The van der Waals surface area contributed by atoms with Crippen LogP contribution in [0.25, 0.3) is 0 Å². The highest BCUT2D eigenvalue weighted by Gasteiger charge is 2.27. The van der Waals surface area contributed by atoms with Crippen LogP contribution >= 0.6 is 24.0 Å². The molecular formula is C22H35IN4O2. The summed E-state index contributed by atoms with van der Waals surface area (Å²) in [4.78, 5) is 9.85. The summed E-state index contributed by atoms with van der Waals surface area (Å²) in [6.07, 6.45) is 2.99. The lowest BCUT2D eigenvalue weighted by Crippen LogP contribution is -2.42. The second kappa shape index (κ2) is 13.1. The van der Waals surface area contributed by atoms with Gasteiger partial charge in [-0.2, -0.15) is 0 Å². The lowest BCUT2D eigenvalue weighted by atomic mass is 10.1. The Morgan fingerprint density at radius 1 is 1.31 bits per heavy atom. The van der Waals surface area contributed by atoms with E-state index >= 15 is 0 Å². The van der Waals surface area contributed by atoms with Crippen molar-refractivity contribution in [1.82, 2.24) is 15.1 Å². The second-order valence-electron chi connectivity index (χ2n) is 7.39. The van der Waals surface area contributed by atoms with Crippen LogP contribution in [-0.2, 0) is 11.3 Å². The summed E-state index contributed by atoms with van der Waals surface area (Å²) >= 11 is 0. The summed E-state index contributed by atoms with van der Waals surface area (Å²) in [6.45, 7) is 15.0. The first kappa shape index (κ1) is 24.0. The van der Waals surface area contributed by atoms with Gasteiger partial charge in [-0.3, -0.25) is 4.90 Å². The van der Waals surface area contributed by atoms with E-state index in [4.69, 9.17) is 14.5 Å². The first-order chi connectivity index (χ1) is 13.8. The molecule has 2 aliphatic heterocycles. The third-order valence-corrected chi connectivity index (χ3v) is 5.27. The average Bonchev–Trinajstić information content (AvgIpc) is 3.19. The maximum Gasteiger partial charge on any atom is 0.194 e. The molecule has 1 aromatic rings. The van der Waals surface area contributed by atoms with Gasteiger partial charge in [-0.25, -0.2) is 4.99 Å². The van der Waals surface area contributed by atoms with Gasteiger partial charge in [0.05, 0.1) is 19.8 Å². The maximum absolute atomic E-state index is 5.77. The molecule has 3 rings (SSSR count). The Bertz CT molecular complexity index is 649. The first-order valence-corrected chi connectivity index (χ1v) is 10.4. The quantitative estimate of drug-likeness (QED) is 0.250. The highest BCUT2D eigenvalue weighted by atomic mass is 127. The molecule has 2 aliphatic rings. The fraction of sp³-hybridized carbons (Fsp3) is 0.591. The van der Waals surface area contributed by atoms with Crippen LogP contribution in [0.5, 0.6) is 5.75 Å². The number of hydrogen-bond donors (Lipinski definition) is 1. The molecule has 0 aliphatic carbocycles. The zero-order chi connectivity index (χ0) is 19.6. The van der Waals surface area contributed by atoms with Gasteiger partial charge in [0.15, 0.2) is 5.96 Å². The van der Waals surface area contributed by atoms with Crippen molar-refractivity contribution in [1.29, 1.82) is 0 Å². The molecule has 2 fully saturated rings. The van der Waals surface area contributed by atoms with Crippen LogP contribution in [0.1, 0.15) is 18.9 Å². The molecule has 162 valence electrons. The van der Waals surface area contributed by atoms with E-state index in [1.54, 1.807) is 6.08 Å². The third-order valence-electron chi connectivity index (χ3n) is 5.27. The summed E-state index contributed by atoms with van der Waals surface area (Å²) < 4.78 is 11.2. The normalized spacial score (nSPS) is 20.2. The van der Waals surface area contributed by atoms with E-state index in [-0.39, 0.29) is 24.0 Å². The van der Waals surface area contributed by atoms with Gasteiger partial charge in [-0.15, -0.1) is 24.0 Å². The summed E-state index contributed by atoms with van der Waals surface area (Å²) in [6, 6.07) is 8.10. The van der Waals surface area contributed by atoms with Crippen molar-refractivity contribution in [3.63, 3.8) is 0 Å². The monoisotopic (exact) mass is 514 g/mol. The minimum Gasteiger partial charge on any atom is -0.489 e. The molecule has 1 N–H and O–H groups in total. The number of likely N-dealkylation sites (tertiary alicyclic amines) is 1. The molecule has 1 unspecified atom stereocenters. The fourth-order valence-corrected chi connectivity index (χ4v) is 3.83. The van der Waals surface area contributed by atoms with E-state index in [2.05, 4.69) is 34.7 Å². The smallest absolute Gasteiger partial charge is 0.194 e. The number of halogens is 1. The van der Waals surface area contributed by atoms with Gasteiger partial charge < -0.3 is 19.7 Å². The highest BCUT2D eigenvalue weighted by molar-refractivity contribution is 14.0. The third kappa shape index (κ3) is 7.46. The van der Waals surface area contributed by atoms with Crippen molar-refractivity contribution >= 4 is 29.9 Å². The van der Waals surface area contributed by atoms with Crippen LogP contribution in [-0.4, -0.2) is 74.8 Å². The molecule has 7 heteroatoms. The molecule has 0 saturated carbocycles. The number of benzene rings is 1. The number of para-hydroxylation sites is 1. The molecular weight excluding hydrogens is 479 g/mol. The topological polar surface area (TPSA) is 49.3 Å². The van der Waals surface area contributed by atoms with Crippen molar-refractivity contribution in [2.45, 2.75) is 19.9 Å². The Kier molecular flexibility index (Phi) is 10.8. The lowest BCUT2D eigenvalue weighted by Gasteiger charge is -2.29. The maximum atomic E-state index is 5.77. The SMILES string of the molecule is C=CCOc1ccccc1CN=C(NCC)N1CCC(CN2CCOCC2)C1.I. The van der Waals surface area contributed by atoms with E-state index in [1.807, 2.05) is 18.2 Å². The Hall–Kier alpha value is -1.32. The number of ether oxygens (including phenoxy) is 2. The Morgan fingerprint density at radius 3 is 2.86 bits per heavy atom. The van der Waals surface area contributed by atoms with Crippen LogP contribution in [0, 0.1) is 5.92 Å². The van der Waals surface area contributed by atoms with E-state index in [1.165, 1.54) is 6.42 Å². The van der Waals surface area contributed by atoms with E-state index in [0.717, 1.165) is 69.8 Å². The van der Waals surface area contributed by atoms with Gasteiger partial charge in [0, 0.05) is 44.8 Å².